The molecular weight excluding hydrogens is 374 g/mol. The lowest BCUT2D eigenvalue weighted by Crippen LogP contribution is -2.42. The number of rotatable bonds is 3. The summed E-state index contributed by atoms with van der Waals surface area (Å²) in [6.45, 7) is 1.62. The minimum Gasteiger partial charge on any atom is -0.370 e. The molecule has 1 saturated heterocycles. The Morgan fingerprint density at radius 2 is 1.73 bits per heavy atom. The predicted molar refractivity (Wildman–Crippen MR) is 116 cm³/mol. The number of hydrogen-bond donors (Lipinski definition) is 0. The van der Waals surface area contributed by atoms with E-state index in [2.05, 4.69) is 4.98 Å². The first-order chi connectivity index (χ1) is 14.8. The molecule has 0 bridgehead atoms. The number of amides is 1. The molecule has 2 aromatic carbocycles. The summed E-state index contributed by atoms with van der Waals surface area (Å²) in [5.41, 5.74) is 4.28. The summed E-state index contributed by atoms with van der Waals surface area (Å²) < 4.78 is 5.95. The number of pyridine rings is 2. The largest absolute Gasteiger partial charge is 0.370 e. The van der Waals surface area contributed by atoms with E-state index < -0.39 is 0 Å². The lowest BCUT2D eigenvalue weighted by Gasteiger charge is -2.33. The molecule has 30 heavy (non-hydrogen) atoms. The van der Waals surface area contributed by atoms with Crippen molar-refractivity contribution in [1.29, 1.82) is 0 Å². The monoisotopic (exact) mass is 395 g/mol. The second-order valence-electron chi connectivity index (χ2n) is 7.33. The van der Waals surface area contributed by atoms with Crippen LogP contribution in [0.15, 0.2) is 85.2 Å². The molecule has 1 atom stereocenters. The van der Waals surface area contributed by atoms with Crippen molar-refractivity contribution in [3.63, 3.8) is 0 Å². The zero-order valence-corrected chi connectivity index (χ0v) is 16.4. The van der Waals surface area contributed by atoms with Gasteiger partial charge in [0.05, 0.1) is 29.9 Å². The Morgan fingerprint density at radius 1 is 0.967 bits per heavy atom. The van der Waals surface area contributed by atoms with Crippen molar-refractivity contribution in [1.82, 2.24) is 14.9 Å². The quantitative estimate of drug-likeness (QED) is 0.512. The van der Waals surface area contributed by atoms with E-state index in [-0.39, 0.29) is 12.0 Å². The van der Waals surface area contributed by atoms with Crippen LogP contribution in [-0.4, -0.2) is 40.5 Å². The summed E-state index contributed by atoms with van der Waals surface area (Å²) in [6, 6.07) is 23.6. The van der Waals surface area contributed by atoms with E-state index in [1.165, 1.54) is 0 Å². The van der Waals surface area contributed by atoms with Gasteiger partial charge in [-0.05, 0) is 29.8 Å². The minimum absolute atomic E-state index is 0.00753. The van der Waals surface area contributed by atoms with Crippen molar-refractivity contribution < 1.29 is 9.53 Å². The van der Waals surface area contributed by atoms with Crippen LogP contribution in [0, 0.1) is 0 Å². The number of ether oxygens (including phenoxy) is 1. The van der Waals surface area contributed by atoms with Crippen LogP contribution in [0.5, 0.6) is 0 Å². The van der Waals surface area contributed by atoms with Gasteiger partial charge >= 0.3 is 0 Å². The molecule has 1 unspecified atom stereocenters. The standard InChI is InChI=1S/C25H21N3O2/c29-25(28-14-15-30-24(17-28)19-6-2-1-3-7-19)21-16-23(18-10-12-26-13-11-18)27-22-9-5-4-8-20(21)22/h1-13,16,24H,14-15,17H2. The second kappa shape index (κ2) is 8.05. The Kier molecular flexibility index (Phi) is 4.95. The third kappa shape index (κ3) is 3.55. The maximum Gasteiger partial charge on any atom is 0.254 e. The number of carbonyl (C=O) groups is 1. The molecule has 3 heterocycles. The Bertz CT molecular complexity index is 1180. The number of fused-ring (bicyclic) bond motifs is 1. The highest BCUT2D eigenvalue weighted by Crippen LogP contribution is 2.28. The van der Waals surface area contributed by atoms with E-state index in [0.717, 1.165) is 27.7 Å². The molecule has 4 aromatic rings. The van der Waals surface area contributed by atoms with E-state index in [1.807, 2.05) is 77.7 Å². The summed E-state index contributed by atoms with van der Waals surface area (Å²) >= 11 is 0. The van der Waals surface area contributed by atoms with Crippen molar-refractivity contribution >= 4 is 16.8 Å². The van der Waals surface area contributed by atoms with Gasteiger partial charge in [0.2, 0.25) is 0 Å². The summed E-state index contributed by atoms with van der Waals surface area (Å²) in [7, 11) is 0. The second-order valence-corrected chi connectivity index (χ2v) is 7.33. The SMILES string of the molecule is O=C(c1cc(-c2ccncc2)nc2ccccc12)N1CCOC(c2ccccc2)C1. The average molecular weight is 395 g/mol. The topological polar surface area (TPSA) is 55.3 Å². The van der Waals surface area contributed by atoms with Crippen LogP contribution in [0.1, 0.15) is 22.0 Å². The van der Waals surface area contributed by atoms with Gasteiger partial charge in [-0.15, -0.1) is 0 Å². The number of nitrogens with zero attached hydrogens (tertiary/aromatic N) is 3. The third-order valence-electron chi connectivity index (χ3n) is 5.45. The van der Waals surface area contributed by atoms with Crippen LogP contribution in [0.2, 0.25) is 0 Å². The molecule has 1 amide bonds. The highest BCUT2D eigenvalue weighted by molar-refractivity contribution is 6.07. The molecule has 5 heteroatoms. The zero-order valence-electron chi connectivity index (χ0n) is 16.4. The first-order valence-corrected chi connectivity index (χ1v) is 10.1. The summed E-state index contributed by atoms with van der Waals surface area (Å²) in [6.07, 6.45) is 3.36. The zero-order chi connectivity index (χ0) is 20.3. The molecule has 148 valence electrons. The van der Waals surface area contributed by atoms with Crippen molar-refractivity contribution in [3.8, 4) is 11.3 Å². The highest BCUT2D eigenvalue weighted by Gasteiger charge is 2.27. The molecule has 2 aromatic heterocycles. The van der Waals surface area contributed by atoms with Gasteiger partial charge in [-0.3, -0.25) is 9.78 Å². The summed E-state index contributed by atoms with van der Waals surface area (Å²) in [5.74, 6) is 0.00753. The molecule has 5 nitrogen and oxygen atoms in total. The average Bonchev–Trinajstić information content (AvgIpc) is 2.84. The molecule has 0 radical (unpaired) electrons. The lowest BCUT2D eigenvalue weighted by atomic mass is 10.0. The first-order valence-electron chi connectivity index (χ1n) is 10.1. The van der Waals surface area contributed by atoms with Gasteiger partial charge in [0.1, 0.15) is 6.10 Å². The molecule has 1 aliphatic rings. The lowest BCUT2D eigenvalue weighted by molar-refractivity contribution is -0.0227. The predicted octanol–water partition coefficient (Wildman–Crippen LogP) is 4.51. The Hall–Kier alpha value is -3.57. The van der Waals surface area contributed by atoms with Crippen LogP contribution in [0.4, 0.5) is 0 Å². The number of hydrogen-bond acceptors (Lipinski definition) is 4. The van der Waals surface area contributed by atoms with Gasteiger partial charge in [0, 0.05) is 29.9 Å². The molecule has 0 spiro atoms. The highest BCUT2D eigenvalue weighted by atomic mass is 16.5. The van der Waals surface area contributed by atoms with Crippen LogP contribution in [0.25, 0.3) is 22.2 Å². The van der Waals surface area contributed by atoms with Gasteiger partial charge in [-0.2, -0.15) is 0 Å². The number of carbonyl (C=O) groups excluding carboxylic acids is 1. The van der Waals surface area contributed by atoms with Crippen molar-refractivity contribution in [2.24, 2.45) is 0 Å². The summed E-state index contributed by atoms with van der Waals surface area (Å²) in [4.78, 5) is 24.3. The van der Waals surface area contributed by atoms with E-state index in [1.54, 1.807) is 12.4 Å². The van der Waals surface area contributed by atoms with Gasteiger partial charge in [0.25, 0.3) is 5.91 Å². The fourth-order valence-electron chi connectivity index (χ4n) is 3.90. The normalized spacial score (nSPS) is 16.5. The van der Waals surface area contributed by atoms with E-state index in [0.29, 0.717) is 25.3 Å². The molecule has 5 rings (SSSR count). The van der Waals surface area contributed by atoms with Crippen molar-refractivity contribution in [3.05, 3.63) is 96.3 Å². The van der Waals surface area contributed by atoms with Gasteiger partial charge in [0.15, 0.2) is 0 Å². The van der Waals surface area contributed by atoms with Crippen molar-refractivity contribution in [2.75, 3.05) is 19.7 Å². The van der Waals surface area contributed by atoms with Gasteiger partial charge in [-0.1, -0.05) is 48.5 Å². The molecule has 0 saturated carbocycles. The fraction of sp³-hybridized carbons (Fsp3) is 0.160. The van der Waals surface area contributed by atoms with Gasteiger partial charge in [-0.25, -0.2) is 4.98 Å². The van der Waals surface area contributed by atoms with Crippen LogP contribution >= 0.6 is 0 Å². The van der Waals surface area contributed by atoms with Crippen LogP contribution in [0.3, 0.4) is 0 Å². The molecule has 1 aliphatic heterocycles. The Balaban J connectivity index is 1.52. The van der Waals surface area contributed by atoms with Crippen molar-refractivity contribution in [2.45, 2.75) is 6.10 Å². The number of aromatic nitrogens is 2. The molecule has 0 aliphatic carbocycles. The maximum absolute atomic E-state index is 13.6. The maximum atomic E-state index is 13.6. The molecule has 1 fully saturated rings. The number of benzene rings is 2. The van der Waals surface area contributed by atoms with E-state index >= 15 is 0 Å². The molecule has 0 N–H and O–H groups in total. The Labute approximate surface area is 175 Å². The van der Waals surface area contributed by atoms with Crippen LogP contribution < -0.4 is 0 Å². The molecular formula is C25H21N3O2. The number of morpholine rings is 1. The fourth-order valence-corrected chi connectivity index (χ4v) is 3.90. The van der Waals surface area contributed by atoms with E-state index in [4.69, 9.17) is 9.72 Å². The Morgan fingerprint density at radius 3 is 2.57 bits per heavy atom. The first kappa shape index (κ1) is 18.5. The number of para-hydroxylation sites is 1. The van der Waals surface area contributed by atoms with Crippen LogP contribution in [-0.2, 0) is 4.74 Å². The minimum atomic E-state index is -0.114. The smallest absolute Gasteiger partial charge is 0.254 e. The summed E-state index contributed by atoms with van der Waals surface area (Å²) in [5, 5.41) is 0.864. The van der Waals surface area contributed by atoms with Gasteiger partial charge < -0.3 is 9.64 Å². The van der Waals surface area contributed by atoms with E-state index in [9.17, 15) is 4.79 Å². The third-order valence-corrected chi connectivity index (χ3v) is 5.45.